The molecule has 2 bridgehead atoms. The van der Waals surface area contributed by atoms with Crippen LogP contribution in [-0.2, 0) is 15.9 Å². The van der Waals surface area contributed by atoms with E-state index in [2.05, 4.69) is 10.2 Å². The molecular formula is C19H22ClN3O3. The summed E-state index contributed by atoms with van der Waals surface area (Å²) in [5.41, 5.74) is 9.28. The summed E-state index contributed by atoms with van der Waals surface area (Å²) in [6.45, 7) is 2.00. The standard InChI is InChI=1S/C15H14ClN3O2.C4H8O/c16-7-1-3-9(11(20)5-7)14-10-6-8-2-4-12(21-8)13(10)15(17)19-18-14;1-2-4-5-3-1/h1,3,5,8,12,20H,2,4,6H2,(H2,17,19);1-4H2/t8-,12?;/m1./s1. The van der Waals surface area contributed by atoms with Gasteiger partial charge in [-0.3, -0.25) is 0 Å². The van der Waals surface area contributed by atoms with Crippen molar-refractivity contribution in [3.63, 3.8) is 0 Å². The molecule has 0 saturated carbocycles. The molecule has 0 radical (unpaired) electrons. The third-order valence-corrected chi connectivity index (χ3v) is 5.28. The summed E-state index contributed by atoms with van der Waals surface area (Å²) in [5.74, 6) is 0.523. The fraction of sp³-hybridized carbons (Fsp3) is 0.474. The number of benzene rings is 1. The summed E-state index contributed by atoms with van der Waals surface area (Å²) >= 11 is 5.89. The third-order valence-electron chi connectivity index (χ3n) is 5.05. The van der Waals surface area contributed by atoms with Gasteiger partial charge in [-0.25, -0.2) is 0 Å². The lowest BCUT2D eigenvalue weighted by atomic mass is 9.94. The number of phenols is 1. The van der Waals surface area contributed by atoms with Crippen molar-refractivity contribution in [3.8, 4) is 17.0 Å². The first-order valence-electron chi connectivity index (χ1n) is 9.00. The van der Waals surface area contributed by atoms with Crippen LogP contribution in [0.3, 0.4) is 0 Å². The second-order valence-electron chi connectivity index (χ2n) is 6.84. The van der Waals surface area contributed by atoms with Gasteiger partial charge in [0.15, 0.2) is 5.82 Å². The van der Waals surface area contributed by atoms with Crippen molar-refractivity contribution in [2.75, 3.05) is 18.9 Å². The molecule has 1 aromatic heterocycles. The van der Waals surface area contributed by atoms with Gasteiger partial charge in [-0.2, -0.15) is 0 Å². The molecule has 2 saturated heterocycles. The van der Waals surface area contributed by atoms with Crippen molar-refractivity contribution in [1.82, 2.24) is 10.2 Å². The average molecular weight is 376 g/mol. The van der Waals surface area contributed by atoms with Gasteiger partial charge >= 0.3 is 0 Å². The van der Waals surface area contributed by atoms with Gasteiger partial charge in [0, 0.05) is 35.8 Å². The number of halogens is 1. The molecule has 4 heterocycles. The van der Waals surface area contributed by atoms with Crippen LogP contribution in [0.2, 0.25) is 5.02 Å². The number of rotatable bonds is 1. The Morgan fingerprint density at radius 2 is 1.96 bits per heavy atom. The van der Waals surface area contributed by atoms with E-state index >= 15 is 0 Å². The molecule has 0 spiro atoms. The van der Waals surface area contributed by atoms with Crippen LogP contribution in [0.25, 0.3) is 11.3 Å². The van der Waals surface area contributed by atoms with E-state index in [9.17, 15) is 5.11 Å². The Bertz CT molecular complexity index is 803. The maximum absolute atomic E-state index is 10.1. The van der Waals surface area contributed by atoms with Crippen molar-refractivity contribution in [1.29, 1.82) is 0 Å². The molecule has 26 heavy (non-hydrogen) atoms. The maximum atomic E-state index is 10.1. The number of hydrogen-bond donors (Lipinski definition) is 2. The summed E-state index contributed by atoms with van der Waals surface area (Å²) in [6.07, 6.45) is 5.50. The Balaban J connectivity index is 0.000000292. The predicted octanol–water partition coefficient (Wildman–Crippen LogP) is 3.66. The molecule has 6 nitrogen and oxygen atoms in total. The lowest BCUT2D eigenvalue weighted by Gasteiger charge is -2.26. The molecule has 138 valence electrons. The number of nitrogens with zero attached hydrogens (tertiary/aromatic N) is 2. The number of anilines is 1. The summed E-state index contributed by atoms with van der Waals surface area (Å²) < 4.78 is 10.9. The van der Waals surface area contributed by atoms with Crippen molar-refractivity contribution < 1.29 is 14.6 Å². The minimum Gasteiger partial charge on any atom is -0.507 e. The molecule has 2 fully saturated rings. The smallest absolute Gasteiger partial charge is 0.152 e. The van der Waals surface area contributed by atoms with E-state index in [1.54, 1.807) is 12.1 Å². The first-order valence-corrected chi connectivity index (χ1v) is 9.38. The molecule has 3 aliphatic rings. The van der Waals surface area contributed by atoms with Crippen LogP contribution < -0.4 is 5.73 Å². The zero-order chi connectivity index (χ0) is 18.1. The number of aromatic nitrogens is 2. The monoisotopic (exact) mass is 375 g/mol. The van der Waals surface area contributed by atoms with Crippen LogP contribution in [0, 0.1) is 0 Å². The normalized spacial score (nSPS) is 23.3. The van der Waals surface area contributed by atoms with E-state index in [1.807, 2.05) is 0 Å². The van der Waals surface area contributed by atoms with Gasteiger partial charge in [0.2, 0.25) is 0 Å². The number of hydrogen-bond acceptors (Lipinski definition) is 6. The zero-order valence-corrected chi connectivity index (χ0v) is 15.2. The lowest BCUT2D eigenvalue weighted by Crippen LogP contribution is -2.21. The van der Waals surface area contributed by atoms with Crippen LogP contribution in [0.4, 0.5) is 5.82 Å². The number of aromatic hydroxyl groups is 1. The Morgan fingerprint density at radius 3 is 2.65 bits per heavy atom. The third kappa shape index (κ3) is 3.37. The Hall–Kier alpha value is -1.89. The summed E-state index contributed by atoms with van der Waals surface area (Å²) in [7, 11) is 0. The largest absolute Gasteiger partial charge is 0.507 e. The van der Waals surface area contributed by atoms with E-state index in [0.29, 0.717) is 22.1 Å². The molecule has 1 unspecified atom stereocenters. The highest BCUT2D eigenvalue weighted by atomic mass is 35.5. The maximum Gasteiger partial charge on any atom is 0.152 e. The van der Waals surface area contributed by atoms with E-state index in [1.165, 1.54) is 18.9 Å². The number of ether oxygens (including phenoxy) is 2. The van der Waals surface area contributed by atoms with Crippen molar-refractivity contribution >= 4 is 17.4 Å². The SMILES string of the molecule is C1CCOC1.Nc1nnc(-c2ccc(Cl)cc2O)c2c1C1CC[C@H](C2)O1. The molecule has 1 aromatic carbocycles. The van der Waals surface area contributed by atoms with E-state index in [4.69, 9.17) is 26.8 Å². The lowest BCUT2D eigenvalue weighted by molar-refractivity contribution is 0.0326. The highest BCUT2D eigenvalue weighted by Crippen LogP contribution is 2.46. The number of fused-ring (bicyclic) bond motifs is 4. The summed E-state index contributed by atoms with van der Waals surface area (Å²) in [5, 5.41) is 18.9. The van der Waals surface area contributed by atoms with Crippen molar-refractivity contribution in [2.24, 2.45) is 0 Å². The van der Waals surface area contributed by atoms with E-state index in [-0.39, 0.29) is 18.0 Å². The molecular weight excluding hydrogens is 354 g/mol. The minimum absolute atomic E-state index is 0.00226. The van der Waals surface area contributed by atoms with Crippen LogP contribution in [0.1, 0.15) is 42.9 Å². The van der Waals surface area contributed by atoms with Crippen LogP contribution in [-0.4, -0.2) is 34.6 Å². The fourth-order valence-electron chi connectivity index (χ4n) is 3.79. The summed E-state index contributed by atoms with van der Waals surface area (Å²) in [4.78, 5) is 0. The topological polar surface area (TPSA) is 90.5 Å². The van der Waals surface area contributed by atoms with Crippen molar-refractivity contribution in [3.05, 3.63) is 34.3 Å². The Morgan fingerprint density at radius 1 is 1.15 bits per heavy atom. The second-order valence-corrected chi connectivity index (χ2v) is 7.27. The number of nitrogens with two attached hydrogens (primary N) is 1. The minimum atomic E-state index is 0.00226. The molecule has 2 atom stereocenters. The van der Waals surface area contributed by atoms with E-state index in [0.717, 1.165) is 43.6 Å². The van der Waals surface area contributed by atoms with Crippen molar-refractivity contribution in [2.45, 2.75) is 44.3 Å². The molecule has 7 heteroatoms. The first-order chi connectivity index (χ1) is 12.6. The summed E-state index contributed by atoms with van der Waals surface area (Å²) in [6, 6.07) is 5.00. The van der Waals surface area contributed by atoms with Gasteiger partial charge in [0.25, 0.3) is 0 Å². The van der Waals surface area contributed by atoms with Gasteiger partial charge in [0.05, 0.1) is 12.2 Å². The Labute approximate surface area is 157 Å². The number of phenolic OH excluding ortho intramolecular Hbond substituents is 1. The number of nitrogen functional groups attached to an aromatic ring is 1. The fourth-order valence-corrected chi connectivity index (χ4v) is 3.96. The molecule has 3 N–H and O–H groups in total. The van der Waals surface area contributed by atoms with Crippen LogP contribution in [0.5, 0.6) is 5.75 Å². The molecule has 3 aliphatic heterocycles. The molecule has 2 aromatic rings. The highest BCUT2D eigenvalue weighted by Gasteiger charge is 2.37. The molecule has 0 amide bonds. The Kier molecular flexibility index (Phi) is 4.98. The van der Waals surface area contributed by atoms with Crippen LogP contribution >= 0.6 is 11.6 Å². The quantitative estimate of drug-likeness (QED) is 0.790. The molecule has 5 rings (SSSR count). The van der Waals surface area contributed by atoms with Gasteiger partial charge in [-0.15, -0.1) is 10.2 Å². The van der Waals surface area contributed by atoms with Gasteiger partial charge in [-0.05, 0) is 49.4 Å². The first kappa shape index (κ1) is 17.5. The second kappa shape index (κ2) is 7.39. The highest BCUT2D eigenvalue weighted by molar-refractivity contribution is 6.30. The molecule has 0 aliphatic carbocycles. The van der Waals surface area contributed by atoms with E-state index < -0.39 is 0 Å². The van der Waals surface area contributed by atoms with Gasteiger partial charge in [-0.1, -0.05) is 11.6 Å². The van der Waals surface area contributed by atoms with Crippen LogP contribution in [0.15, 0.2) is 18.2 Å². The van der Waals surface area contributed by atoms with Gasteiger partial charge < -0.3 is 20.3 Å². The van der Waals surface area contributed by atoms with Gasteiger partial charge in [0.1, 0.15) is 11.4 Å². The zero-order valence-electron chi connectivity index (χ0n) is 14.4. The predicted molar refractivity (Wildman–Crippen MR) is 99.2 cm³/mol. The average Bonchev–Trinajstić information content (AvgIpc) is 3.30.